The zero-order chi connectivity index (χ0) is 13.2. The maximum Gasteiger partial charge on any atom is 0.335 e. The molecule has 0 saturated heterocycles. The van der Waals surface area contributed by atoms with Gasteiger partial charge in [0.25, 0.3) is 0 Å². The summed E-state index contributed by atoms with van der Waals surface area (Å²) < 4.78 is 0. The molecule has 1 aromatic carbocycles. The number of rotatable bonds is 4. The zero-order valence-corrected chi connectivity index (χ0v) is 10.6. The molecule has 1 aliphatic carbocycles. The molecule has 1 aromatic rings. The van der Waals surface area contributed by atoms with E-state index in [9.17, 15) is 9.90 Å². The van der Waals surface area contributed by atoms with Crippen molar-refractivity contribution in [3.63, 3.8) is 0 Å². The quantitative estimate of drug-likeness (QED) is 0.766. The monoisotopic (exact) mass is 249 g/mol. The molecule has 2 rings (SSSR count). The summed E-state index contributed by atoms with van der Waals surface area (Å²) in [4.78, 5) is 10.9. The Kier molecular flexibility index (Phi) is 3.57. The highest BCUT2D eigenvalue weighted by Gasteiger charge is 2.32. The van der Waals surface area contributed by atoms with Crippen molar-refractivity contribution in [2.24, 2.45) is 0 Å². The second-order valence-electron chi connectivity index (χ2n) is 5.11. The number of aliphatic hydroxyl groups excluding tert-OH is 1. The van der Waals surface area contributed by atoms with E-state index < -0.39 is 5.97 Å². The molecule has 3 N–H and O–H groups in total. The summed E-state index contributed by atoms with van der Waals surface area (Å²) in [6.07, 6.45) is 4.17. The molecular weight excluding hydrogens is 230 g/mol. The fourth-order valence-corrected chi connectivity index (χ4v) is 2.66. The van der Waals surface area contributed by atoms with Gasteiger partial charge in [-0.15, -0.1) is 0 Å². The van der Waals surface area contributed by atoms with Crippen molar-refractivity contribution in [3.8, 4) is 0 Å². The third-order valence-corrected chi connectivity index (χ3v) is 3.73. The lowest BCUT2D eigenvalue weighted by Gasteiger charge is -2.29. The van der Waals surface area contributed by atoms with Crippen LogP contribution in [-0.4, -0.2) is 28.3 Å². The molecule has 0 heterocycles. The van der Waals surface area contributed by atoms with Crippen LogP contribution in [0.5, 0.6) is 0 Å². The number of aromatic carboxylic acids is 1. The molecule has 18 heavy (non-hydrogen) atoms. The van der Waals surface area contributed by atoms with Crippen LogP contribution in [0.15, 0.2) is 18.2 Å². The first-order valence-corrected chi connectivity index (χ1v) is 6.29. The minimum absolute atomic E-state index is 0.118. The van der Waals surface area contributed by atoms with Gasteiger partial charge in [-0.25, -0.2) is 4.79 Å². The lowest BCUT2D eigenvalue weighted by atomic mass is 9.97. The number of nitrogens with one attached hydrogen (secondary N) is 1. The van der Waals surface area contributed by atoms with Gasteiger partial charge in [-0.05, 0) is 43.5 Å². The number of aliphatic hydroxyl groups is 1. The average molecular weight is 249 g/mol. The van der Waals surface area contributed by atoms with Crippen LogP contribution in [0.2, 0.25) is 0 Å². The fraction of sp³-hybridized carbons (Fsp3) is 0.500. The molecule has 1 saturated carbocycles. The Hall–Kier alpha value is -1.55. The van der Waals surface area contributed by atoms with E-state index in [-0.39, 0.29) is 12.1 Å². The molecule has 0 spiro atoms. The van der Waals surface area contributed by atoms with Gasteiger partial charge >= 0.3 is 5.97 Å². The van der Waals surface area contributed by atoms with Gasteiger partial charge in [-0.2, -0.15) is 0 Å². The number of carboxylic acid groups (broad SMARTS) is 1. The number of hydrogen-bond donors (Lipinski definition) is 3. The second kappa shape index (κ2) is 4.98. The summed E-state index contributed by atoms with van der Waals surface area (Å²) in [6.45, 7) is 1.90. The van der Waals surface area contributed by atoms with Crippen LogP contribution < -0.4 is 5.32 Å². The van der Waals surface area contributed by atoms with Crippen molar-refractivity contribution < 1.29 is 15.0 Å². The van der Waals surface area contributed by atoms with E-state index in [4.69, 9.17) is 5.11 Å². The molecule has 0 aliphatic heterocycles. The van der Waals surface area contributed by atoms with Crippen molar-refractivity contribution in [2.75, 3.05) is 11.9 Å². The molecule has 4 heteroatoms. The number of carboxylic acids is 1. The number of carbonyl (C=O) groups is 1. The Balaban J connectivity index is 2.19. The minimum Gasteiger partial charge on any atom is -0.478 e. The molecule has 0 atom stereocenters. The number of aryl methyl sites for hydroxylation is 1. The van der Waals surface area contributed by atoms with Gasteiger partial charge < -0.3 is 15.5 Å². The van der Waals surface area contributed by atoms with Crippen LogP contribution in [0.1, 0.15) is 41.6 Å². The maximum absolute atomic E-state index is 10.9. The zero-order valence-electron chi connectivity index (χ0n) is 10.6. The van der Waals surface area contributed by atoms with Gasteiger partial charge in [0, 0.05) is 5.69 Å². The topological polar surface area (TPSA) is 69.6 Å². The molecular formula is C14H19NO3. The number of anilines is 1. The predicted octanol–water partition coefficient (Wildman–Crippen LogP) is 2.41. The lowest BCUT2D eigenvalue weighted by molar-refractivity contribution is 0.0696. The molecule has 4 nitrogen and oxygen atoms in total. The minimum atomic E-state index is -0.906. The predicted molar refractivity (Wildman–Crippen MR) is 70.0 cm³/mol. The third kappa shape index (κ3) is 2.48. The standard InChI is InChI=1S/C14H19NO3/c1-10-8-11(4-5-12(10)13(17)18)15-14(9-16)6-2-3-7-14/h4-5,8,15-16H,2-3,6-7,9H2,1H3,(H,17,18). The molecule has 0 amide bonds. The molecule has 1 aliphatic rings. The molecule has 1 fully saturated rings. The van der Waals surface area contributed by atoms with E-state index in [2.05, 4.69) is 5.32 Å². The summed E-state index contributed by atoms with van der Waals surface area (Å²) in [7, 11) is 0. The van der Waals surface area contributed by atoms with Gasteiger partial charge in [0.15, 0.2) is 0 Å². The molecule has 98 valence electrons. The van der Waals surface area contributed by atoms with Crippen LogP contribution >= 0.6 is 0 Å². The second-order valence-corrected chi connectivity index (χ2v) is 5.11. The van der Waals surface area contributed by atoms with Crippen LogP contribution in [-0.2, 0) is 0 Å². The SMILES string of the molecule is Cc1cc(NC2(CO)CCCC2)ccc1C(=O)O. The summed E-state index contributed by atoms with van der Waals surface area (Å²) >= 11 is 0. The van der Waals surface area contributed by atoms with Gasteiger partial charge in [0.05, 0.1) is 17.7 Å². The summed E-state index contributed by atoms with van der Waals surface area (Å²) in [6, 6.07) is 5.21. The van der Waals surface area contributed by atoms with E-state index >= 15 is 0 Å². The summed E-state index contributed by atoms with van der Waals surface area (Å²) in [5, 5.41) is 21.9. The van der Waals surface area contributed by atoms with Gasteiger partial charge in [0.2, 0.25) is 0 Å². The van der Waals surface area contributed by atoms with Gasteiger partial charge in [-0.1, -0.05) is 12.8 Å². The number of benzene rings is 1. The van der Waals surface area contributed by atoms with E-state index in [1.165, 1.54) is 0 Å². The van der Waals surface area contributed by atoms with Crippen LogP contribution in [0.25, 0.3) is 0 Å². The van der Waals surface area contributed by atoms with Crippen LogP contribution in [0.4, 0.5) is 5.69 Å². The summed E-state index contributed by atoms with van der Waals surface area (Å²) in [5.74, 6) is -0.906. The van der Waals surface area contributed by atoms with E-state index in [0.29, 0.717) is 5.56 Å². The Morgan fingerprint density at radius 2 is 2.06 bits per heavy atom. The smallest absolute Gasteiger partial charge is 0.335 e. The lowest BCUT2D eigenvalue weighted by Crippen LogP contribution is -2.39. The molecule has 0 bridgehead atoms. The Morgan fingerprint density at radius 1 is 1.39 bits per heavy atom. The van der Waals surface area contributed by atoms with Crippen molar-refractivity contribution >= 4 is 11.7 Å². The molecule has 0 unspecified atom stereocenters. The summed E-state index contributed by atoms with van der Waals surface area (Å²) in [5.41, 5.74) is 1.72. The van der Waals surface area contributed by atoms with Crippen molar-refractivity contribution in [1.82, 2.24) is 0 Å². The van der Waals surface area contributed by atoms with Gasteiger partial charge in [-0.3, -0.25) is 0 Å². The van der Waals surface area contributed by atoms with E-state index in [0.717, 1.165) is 36.9 Å². The van der Waals surface area contributed by atoms with E-state index in [1.54, 1.807) is 19.1 Å². The highest BCUT2D eigenvalue weighted by Crippen LogP contribution is 2.33. The van der Waals surface area contributed by atoms with E-state index in [1.807, 2.05) is 6.07 Å². The van der Waals surface area contributed by atoms with Crippen LogP contribution in [0, 0.1) is 6.92 Å². The Morgan fingerprint density at radius 3 is 2.56 bits per heavy atom. The van der Waals surface area contributed by atoms with Gasteiger partial charge in [0.1, 0.15) is 0 Å². The third-order valence-electron chi connectivity index (χ3n) is 3.73. The van der Waals surface area contributed by atoms with Crippen molar-refractivity contribution in [2.45, 2.75) is 38.1 Å². The molecule has 0 aromatic heterocycles. The Labute approximate surface area is 107 Å². The van der Waals surface area contributed by atoms with Crippen LogP contribution in [0.3, 0.4) is 0 Å². The maximum atomic E-state index is 10.9. The molecule has 0 radical (unpaired) electrons. The average Bonchev–Trinajstić information content (AvgIpc) is 2.78. The first-order chi connectivity index (χ1) is 8.56. The fourth-order valence-electron chi connectivity index (χ4n) is 2.66. The Bertz CT molecular complexity index is 450. The highest BCUT2D eigenvalue weighted by molar-refractivity contribution is 5.89. The largest absolute Gasteiger partial charge is 0.478 e. The first-order valence-electron chi connectivity index (χ1n) is 6.29. The van der Waals surface area contributed by atoms with Crippen molar-refractivity contribution in [1.29, 1.82) is 0 Å². The van der Waals surface area contributed by atoms with Crippen molar-refractivity contribution in [3.05, 3.63) is 29.3 Å². The highest BCUT2D eigenvalue weighted by atomic mass is 16.4. The normalized spacial score (nSPS) is 17.7. The number of hydrogen-bond acceptors (Lipinski definition) is 3. The first kappa shape index (κ1) is 12.9.